The standard InChI is InChI=1S/C28H28GeO2Te.4BrH/c1-30-27-17-13-23(14-18-27)21-32(22-24-15-19-28(31-2)20-16-24)29(25-9-5-3-6-10-25)26-11-7-4-8-12-26;;;;/h3-20H,21-22H2,1-2H3;4*1H/q+2;;;;. The van der Waals surface area contributed by atoms with Gasteiger partial charge in [0.15, 0.2) is 0 Å². The molecule has 0 saturated carbocycles. The van der Waals surface area contributed by atoms with Gasteiger partial charge in [0.2, 0.25) is 0 Å². The Kier molecular flexibility index (Phi) is 18.8. The quantitative estimate of drug-likeness (QED) is 0.173. The van der Waals surface area contributed by atoms with Crippen LogP contribution in [0.25, 0.3) is 0 Å². The molecule has 0 radical (unpaired) electrons. The molecular weight excluding hydrogens is 888 g/mol. The van der Waals surface area contributed by atoms with Crippen LogP contribution in [0.3, 0.4) is 0 Å². The molecule has 0 N–H and O–H groups in total. The molecule has 4 rings (SSSR count). The molecule has 4 aromatic rings. The number of ether oxygens (including phenoxy) is 2. The van der Waals surface area contributed by atoms with Crippen LogP contribution in [0.4, 0.5) is 0 Å². The summed E-state index contributed by atoms with van der Waals surface area (Å²) in [6, 6.07) is 40.0. The zero-order valence-electron chi connectivity index (χ0n) is 20.2. The van der Waals surface area contributed by atoms with Gasteiger partial charge in [-0.25, -0.2) is 0 Å². The minimum absolute atomic E-state index is 0. The Morgan fingerprint density at radius 3 is 1.14 bits per heavy atom. The van der Waals surface area contributed by atoms with E-state index >= 15 is 0 Å². The molecule has 0 aromatic heterocycles. The SMILES string of the molecule is Br.Br.Br.Br.COc1ccc(C[Te+](Cc2ccc(OC)cc2)[Ge+]([c]2ccccc2)[c]2ccccc2)cc1. The Hall–Kier alpha value is -0.268. The summed E-state index contributed by atoms with van der Waals surface area (Å²) in [6.45, 7) is 0. The topological polar surface area (TPSA) is 18.5 Å². The first-order valence-electron chi connectivity index (χ1n) is 10.7. The van der Waals surface area contributed by atoms with E-state index in [1.807, 2.05) is 0 Å². The van der Waals surface area contributed by atoms with Gasteiger partial charge in [-0.2, -0.15) is 0 Å². The third kappa shape index (κ3) is 10.1. The number of halogens is 4. The second-order valence-electron chi connectivity index (χ2n) is 7.54. The second-order valence-corrected chi connectivity index (χ2v) is 30.0. The summed E-state index contributed by atoms with van der Waals surface area (Å²) in [7, 11) is 3.46. The van der Waals surface area contributed by atoms with Gasteiger partial charge < -0.3 is 0 Å². The third-order valence-electron chi connectivity index (χ3n) is 5.36. The number of rotatable bonds is 9. The van der Waals surface area contributed by atoms with Crippen LogP contribution in [-0.4, -0.2) is 42.5 Å². The average molecular weight is 920 g/mol. The molecule has 0 aliphatic carbocycles. The molecule has 8 heteroatoms. The van der Waals surface area contributed by atoms with E-state index < -0.39 is 28.3 Å². The van der Waals surface area contributed by atoms with Crippen molar-refractivity contribution in [1.29, 1.82) is 0 Å². The number of hydrogen-bond donors (Lipinski definition) is 0. The van der Waals surface area contributed by atoms with Gasteiger partial charge in [0, 0.05) is 0 Å². The van der Waals surface area contributed by atoms with Crippen LogP contribution < -0.4 is 18.3 Å². The maximum atomic E-state index is 5.39. The monoisotopic (exact) mass is 920 g/mol. The molecule has 0 aliphatic heterocycles. The Morgan fingerprint density at radius 1 is 0.500 bits per heavy atom. The van der Waals surface area contributed by atoms with Gasteiger partial charge in [0.25, 0.3) is 0 Å². The summed E-state index contributed by atoms with van der Waals surface area (Å²) in [4.78, 5) is 0. The van der Waals surface area contributed by atoms with E-state index in [9.17, 15) is 0 Å². The van der Waals surface area contributed by atoms with Crippen LogP contribution in [0.15, 0.2) is 109 Å². The summed E-state index contributed by atoms with van der Waals surface area (Å²) >= 11 is -3.31. The summed E-state index contributed by atoms with van der Waals surface area (Å²) in [5.74, 6) is 1.85. The van der Waals surface area contributed by atoms with Crippen molar-refractivity contribution in [3.8, 4) is 11.5 Å². The van der Waals surface area contributed by atoms with E-state index in [2.05, 4.69) is 109 Å². The normalized spacial score (nSPS) is 9.53. The number of hydrogen-bond acceptors (Lipinski definition) is 2. The molecule has 0 spiro atoms. The average Bonchev–Trinajstić information content (AvgIpc) is 2.86. The van der Waals surface area contributed by atoms with Crippen LogP contribution in [-0.2, 0) is 8.94 Å². The van der Waals surface area contributed by atoms with Gasteiger partial charge >= 0.3 is 202 Å². The Bertz CT molecular complexity index is 1010. The van der Waals surface area contributed by atoms with Gasteiger partial charge in [0.1, 0.15) is 0 Å². The van der Waals surface area contributed by atoms with E-state index in [1.165, 1.54) is 20.1 Å². The van der Waals surface area contributed by atoms with Gasteiger partial charge in [-0.05, 0) is 0 Å². The van der Waals surface area contributed by atoms with Crippen LogP contribution in [0, 0.1) is 0 Å². The molecule has 0 saturated heterocycles. The molecule has 0 amide bonds. The molecule has 0 aliphatic rings. The van der Waals surface area contributed by atoms with Crippen LogP contribution in [0.2, 0.25) is 0 Å². The first-order chi connectivity index (χ1) is 15.8. The van der Waals surface area contributed by atoms with Crippen molar-refractivity contribution in [1.82, 2.24) is 0 Å². The molecule has 0 unspecified atom stereocenters. The third-order valence-corrected chi connectivity index (χ3v) is 33.7. The van der Waals surface area contributed by atoms with Crippen molar-refractivity contribution in [3.63, 3.8) is 0 Å². The molecule has 192 valence electrons. The summed E-state index contributed by atoms with van der Waals surface area (Å²) in [5, 5.41) is 0. The van der Waals surface area contributed by atoms with E-state index in [0.29, 0.717) is 0 Å². The fourth-order valence-electron chi connectivity index (χ4n) is 3.72. The molecule has 0 bridgehead atoms. The van der Waals surface area contributed by atoms with Crippen molar-refractivity contribution in [2.75, 3.05) is 14.2 Å². The summed E-state index contributed by atoms with van der Waals surface area (Å²) < 4.78 is 16.4. The zero-order chi connectivity index (χ0) is 22.2. The molecule has 0 atom stereocenters. The van der Waals surface area contributed by atoms with Crippen molar-refractivity contribution in [2.45, 2.75) is 8.94 Å². The fraction of sp³-hybridized carbons (Fsp3) is 0.143. The molecular formula is C28H32Br4GeO2Te+2. The van der Waals surface area contributed by atoms with Gasteiger partial charge in [-0.15, -0.1) is 67.9 Å². The van der Waals surface area contributed by atoms with Gasteiger partial charge in [-0.1, -0.05) is 0 Å². The van der Waals surface area contributed by atoms with Crippen LogP contribution >= 0.6 is 67.9 Å². The minimum atomic E-state index is -1.70. The van der Waals surface area contributed by atoms with Crippen LogP contribution in [0.5, 0.6) is 11.5 Å². The Morgan fingerprint density at radius 2 is 0.833 bits per heavy atom. The molecule has 36 heavy (non-hydrogen) atoms. The second kappa shape index (κ2) is 18.9. The Labute approximate surface area is 266 Å². The van der Waals surface area contributed by atoms with E-state index in [4.69, 9.17) is 9.47 Å². The fourth-order valence-corrected chi connectivity index (χ4v) is 35.1. The zero-order valence-corrected chi connectivity index (χ0v) is 31.4. The predicted octanol–water partition coefficient (Wildman–Crippen LogP) is 6.76. The number of benzene rings is 4. The van der Waals surface area contributed by atoms with Crippen molar-refractivity contribution >= 4 is 105 Å². The predicted molar refractivity (Wildman–Crippen MR) is 178 cm³/mol. The molecule has 4 aromatic carbocycles. The number of methoxy groups -OCH3 is 2. The molecule has 2 nitrogen and oxygen atoms in total. The van der Waals surface area contributed by atoms with Gasteiger partial charge in [-0.3, -0.25) is 0 Å². The van der Waals surface area contributed by atoms with Gasteiger partial charge in [0.05, 0.1) is 0 Å². The Balaban J connectivity index is 0.00000306. The molecule has 0 heterocycles. The van der Waals surface area contributed by atoms with E-state index in [0.717, 1.165) is 11.5 Å². The van der Waals surface area contributed by atoms with E-state index in [-0.39, 0.29) is 67.9 Å². The summed E-state index contributed by atoms with van der Waals surface area (Å²) in [6.07, 6.45) is 0. The first-order valence-corrected chi connectivity index (χ1v) is 23.0. The van der Waals surface area contributed by atoms with E-state index in [1.54, 1.807) is 23.0 Å². The summed E-state index contributed by atoms with van der Waals surface area (Å²) in [5.41, 5.74) is 2.88. The maximum absolute atomic E-state index is 5.39. The van der Waals surface area contributed by atoms with Crippen LogP contribution in [0.1, 0.15) is 11.1 Å². The van der Waals surface area contributed by atoms with Crippen molar-refractivity contribution < 1.29 is 9.47 Å². The van der Waals surface area contributed by atoms with Crippen molar-refractivity contribution in [2.24, 2.45) is 0 Å². The first kappa shape index (κ1) is 35.7. The van der Waals surface area contributed by atoms with Crippen molar-refractivity contribution in [3.05, 3.63) is 120 Å². The molecule has 0 fully saturated rings.